The highest BCUT2D eigenvalue weighted by atomic mass is 79.9. The molecule has 0 fully saturated rings. The van der Waals surface area contributed by atoms with Gasteiger partial charge in [-0.1, -0.05) is 13.0 Å². The van der Waals surface area contributed by atoms with Crippen LogP contribution < -0.4 is 15.8 Å². The van der Waals surface area contributed by atoms with Gasteiger partial charge in [0.25, 0.3) is 5.91 Å². The molecule has 0 saturated heterocycles. The molecule has 1 amide bonds. The van der Waals surface area contributed by atoms with Crippen LogP contribution in [-0.2, 0) is 0 Å². The van der Waals surface area contributed by atoms with Crippen molar-refractivity contribution in [2.45, 2.75) is 20.3 Å². The van der Waals surface area contributed by atoms with Gasteiger partial charge in [0.1, 0.15) is 5.75 Å². The molecule has 4 nitrogen and oxygen atoms in total. The summed E-state index contributed by atoms with van der Waals surface area (Å²) in [6.45, 7) is 4.62. The van der Waals surface area contributed by atoms with Crippen molar-refractivity contribution in [3.05, 3.63) is 52.0 Å². The van der Waals surface area contributed by atoms with Crippen molar-refractivity contribution < 1.29 is 9.53 Å². The van der Waals surface area contributed by atoms with Gasteiger partial charge in [0, 0.05) is 10.0 Å². The summed E-state index contributed by atoms with van der Waals surface area (Å²) in [6, 6.07) is 10.8. The van der Waals surface area contributed by atoms with Gasteiger partial charge in [0.15, 0.2) is 0 Å². The van der Waals surface area contributed by atoms with Gasteiger partial charge in [0.2, 0.25) is 0 Å². The van der Waals surface area contributed by atoms with E-state index in [9.17, 15) is 4.79 Å². The fourth-order valence-corrected chi connectivity index (χ4v) is 2.54. The second-order valence-electron chi connectivity index (χ2n) is 5.04. The molecule has 22 heavy (non-hydrogen) atoms. The number of anilines is 2. The Bertz CT molecular complexity index is 686. The van der Waals surface area contributed by atoms with Crippen molar-refractivity contribution in [3.8, 4) is 5.75 Å². The highest BCUT2D eigenvalue weighted by Gasteiger charge is 2.11. The number of benzene rings is 2. The lowest BCUT2D eigenvalue weighted by atomic mass is 10.1. The van der Waals surface area contributed by atoms with E-state index in [0.29, 0.717) is 23.6 Å². The number of nitrogens with two attached hydrogens (primary N) is 1. The molecule has 5 heteroatoms. The van der Waals surface area contributed by atoms with Gasteiger partial charge in [-0.15, -0.1) is 0 Å². The lowest BCUT2D eigenvalue weighted by molar-refractivity contribution is 0.102. The maximum absolute atomic E-state index is 12.3. The normalized spacial score (nSPS) is 10.3. The van der Waals surface area contributed by atoms with Crippen molar-refractivity contribution >= 4 is 33.2 Å². The Kier molecular flexibility index (Phi) is 5.44. The molecule has 116 valence electrons. The van der Waals surface area contributed by atoms with Crippen LogP contribution in [0.5, 0.6) is 5.75 Å². The molecule has 2 aromatic carbocycles. The topological polar surface area (TPSA) is 64.3 Å². The Balaban J connectivity index is 2.14. The molecule has 0 saturated carbocycles. The summed E-state index contributed by atoms with van der Waals surface area (Å²) in [7, 11) is 0. The molecule has 0 aliphatic carbocycles. The predicted octanol–water partition coefficient (Wildman–Crippen LogP) is 4.38. The molecule has 0 atom stereocenters. The second kappa shape index (κ2) is 7.31. The fraction of sp³-hybridized carbons (Fsp3) is 0.235. The number of hydrogen-bond donors (Lipinski definition) is 2. The number of aryl methyl sites for hydroxylation is 1. The van der Waals surface area contributed by atoms with Crippen LogP contribution in [0.2, 0.25) is 0 Å². The first kappa shape index (κ1) is 16.4. The Morgan fingerprint density at radius 1 is 1.27 bits per heavy atom. The van der Waals surface area contributed by atoms with E-state index in [1.54, 1.807) is 18.2 Å². The summed E-state index contributed by atoms with van der Waals surface area (Å²) in [5, 5.41) is 2.86. The summed E-state index contributed by atoms with van der Waals surface area (Å²) >= 11 is 3.44. The van der Waals surface area contributed by atoms with Crippen LogP contribution in [0.15, 0.2) is 40.9 Å². The van der Waals surface area contributed by atoms with Crippen molar-refractivity contribution in [2.24, 2.45) is 0 Å². The summed E-state index contributed by atoms with van der Waals surface area (Å²) in [5.74, 6) is 0.396. The van der Waals surface area contributed by atoms with Crippen molar-refractivity contribution in [2.75, 3.05) is 17.7 Å². The van der Waals surface area contributed by atoms with E-state index in [1.807, 2.05) is 32.0 Å². The second-order valence-corrected chi connectivity index (χ2v) is 5.89. The zero-order valence-corrected chi connectivity index (χ0v) is 14.2. The molecule has 0 aliphatic heterocycles. The molecule has 0 radical (unpaired) electrons. The molecule has 0 aliphatic rings. The standard InChI is InChI=1S/C17H19BrN2O2/c1-3-8-22-16-7-5-12(10-14(16)19)17(21)20-15-6-4-11(2)9-13(15)18/h4-7,9-10H,3,8,19H2,1-2H3,(H,20,21). The SMILES string of the molecule is CCCOc1ccc(C(=O)Nc2ccc(C)cc2Br)cc1N. The molecular weight excluding hydrogens is 344 g/mol. The minimum atomic E-state index is -0.210. The molecular formula is C17H19BrN2O2. The fourth-order valence-electron chi connectivity index (χ4n) is 1.95. The summed E-state index contributed by atoms with van der Waals surface area (Å²) in [6.07, 6.45) is 0.906. The van der Waals surface area contributed by atoms with E-state index < -0.39 is 0 Å². The number of rotatable bonds is 5. The maximum atomic E-state index is 12.3. The molecule has 0 spiro atoms. The minimum Gasteiger partial charge on any atom is -0.491 e. The number of hydrogen-bond acceptors (Lipinski definition) is 3. The van der Waals surface area contributed by atoms with Crippen LogP contribution in [0, 0.1) is 6.92 Å². The highest BCUT2D eigenvalue weighted by molar-refractivity contribution is 9.10. The van der Waals surface area contributed by atoms with Crippen molar-refractivity contribution in [3.63, 3.8) is 0 Å². The third-order valence-electron chi connectivity index (χ3n) is 3.11. The van der Waals surface area contributed by atoms with Crippen molar-refractivity contribution in [1.82, 2.24) is 0 Å². The molecule has 0 unspecified atom stereocenters. The van der Waals surface area contributed by atoms with E-state index in [0.717, 1.165) is 22.1 Å². The van der Waals surface area contributed by atoms with Crippen LogP contribution in [-0.4, -0.2) is 12.5 Å². The van der Waals surface area contributed by atoms with E-state index in [-0.39, 0.29) is 5.91 Å². The Morgan fingerprint density at radius 2 is 2.05 bits per heavy atom. The average Bonchev–Trinajstić information content (AvgIpc) is 2.48. The maximum Gasteiger partial charge on any atom is 0.255 e. The number of carbonyl (C=O) groups is 1. The number of ether oxygens (including phenoxy) is 1. The molecule has 0 bridgehead atoms. The molecule has 2 rings (SSSR count). The first-order valence-corrected chi connectivity index (χ1v) is 7.90. The number of nitrogen functional groups attached to an aromatic ring is 1. The summed E-state index contributed by atoms with van der Waals surface area (Å²) in [5.41, 5.74) is 8.73. The third kappa shape index (κ3) is 4.01. The molecule has 0 aromatic heterocycles. The largest absolute Gasteiger partial charge is 0.491 e. The van der Waals surface area contributed by atoms with Crippen LogP contribution >= 0.6 is 15.9 Å². The molecule has 2 aromatic rings. The highest BCUT2D eigenvalue weighted by Crippen LogP contribution is 2.26. The Hall–Kier alpha value is -2.01. The number of amides is 1. The third-order valence-corrected chi connectivity index (χ3v) is 3.76. The number of carbonyl (C=O) groups excluding carboxylic acids is 1. The van der Waals surface area contributed by atoms with Crippen molar-refractivity contribution in [1.29, 1.82) is 0 Å². The zero-order valence-electron chi connectivity index (χ0n) is 12.7. The Morgan fingerprint density at radius 3 is 2.68 bits per heavy atom. The van der Waals surface area contributed by atoms with Gasteiger partial charge in [-0.2, -0.15) is 0 Å². The van der Waals surface area contributed by atoms with Crippen LogP contribution in [0.3, 0.4) is 0 Å². The van der Waals surface area contributed by atoms with Crippen LogP contribution in [0.4, 0.5) is 11.4 Å². The van der Waals surface area contributed by atoms with E-state index in [1.165, 1.54) is 0 Å². The predicted molar refractivity (Wildman–Crippen MR) is 93.5 cm³/mol. The van der Waals surface area contributed by atoms with Gasteiger partial charge in [-0.3, -0.25) is 4.79 Å². The van der Waals surface area contributed by atoms with Crippen LogP contribution in [0.1, 0.15) is 29.3 Å². The first-order valence-electron chi connectivity index (χ1n) is 7.11. The van der Waals surface area contributed by atoms with E-state index in [4.69, 9.17) is 10.5 Å². The van der Waals surface area contributed by atoms with Gasteiger partial charge in [-0.25, -0.2) is 0 Å². The van der Waals surface area contributed by atoms with Gasteiger partial charge in [0.05, 0.1) is 18.0 Å². The quantitative estimate of drug-likeness (QED) is 0.775. The number of halogens is 1. The van der Waals surface area contributed by atoms with Crippen LogP contribution in [0.25, 0.3) is 0 Å². The number of nitrogens with one attached hydrogen (secondary N) is 1. The van der Waals surface area contributed by atoms with E-state index in [2.05, 4.69) is 21.2 Å². The van der Waals surface area contributed by atoms with E-state index >= 15 is 0 Å². The molecule has 0 heterocycles. The molecule has 3 N–H and O–H groups in total. The minimum absolute atomic E-state index is 0.210. The lowest BCUT2D eigenvalue weighted by Crippen LogP contribution is -2.13. The monoisotopic (exact) mass is 362 g/mol. The van der Waals surface area contributed by atoms with Gasteiger partial charge >= 0.3 is 0 Å². The van der Waals surface area contributed by atoms with Gasteiger partial charge < -0.3 is 15.8 Å². The van der Waals surface area contributed by atoms with Gasteiger partial charge in [-0.05, 0) is 65.2 Å². The first-order chi connectivity index (χ1) is 10.5. The summed E-state index contributed by atoms with van der Waals surface area (Å²) < 4.78 is 6.35. The average molecular weight is 363 g/mol. The smallest absolute Gasteiger partial charge is 0.255 e. The Labute approximate surface area is 138 Å². The summed E-state index contributed by atoms with van der Waals surface area (Å²) in [4.78, 5) is 12.3. The lowest BCUT2D eigenvalue weighted by Gasteiger charge is -2.11. The zero-order chi connectivity index (χ0) is 16.1.